The highest BCUT2D eigenvalue weighted by molar-refractivity contribution is 5.76. The van der Waals surface area contributed by atoms with Gasteiger partial charge in [-0.15, -0.1) is 0 Å². The van der Waals surface area contributed by atoms with Crippen LogP contribution in [-0.2, 0) is 4.79 Å². The molecular weight excluding hydrogens is 288 g/mol. The summed E-state index contributed by atoms with van der Waals surface area (Å²) in [5.74, 6) is -0.863. The van der Waals surface area contributed by atoms with Crippen molar-refractivity contribution >= 4 is 18.0 Å². The molecule has 0 atom stereocenters. The molecule has 1 rings (SSSR count). The molecule has 126 valence electrons. The summed E-state index contributed by atoms with van der Waals surface area (Å²) in [6.07, 6.45) is 0.466. The van der Waals surface area contributed by atoms with E-state index in [4.69, 9.17) is 5.11 Å². The fraction of sp³-hybridized carbons (Fsp3) is 0.786. The zero-order chi connectivity index (χ0) is 16.5. The van der Waals surface area contributed by atoms with Crippen LogP contribution in [0.2, 0.25) is 0 Å². The van der Waals surface area contributed by atoms with E-state index in [-0.39, 0.29) is 18.5 Å². The molecule has 0 unspecified atom stereocenters. The van der Waals surface area contributed by atoms with E-state index in [2.05, 4.69) is 5.32 Å². The number of hydrogen-bond donors (Lipinski definition) is 2. The van der Waals surface area contributed by atoms with E-state index in [1.165, 1.54) is 0 Å². The quantitative estimate of drug-likeness (QED) is 0.704. The van der Waals surface area contributed by atoms with Gasteiger partial charge in [0.15, 0.2) is 0 Å². The van der Waals surface area contributed by atoms with E-state index in [9.17, 15) is 14.4 Å². The third-order valence-corrected chi connectivity index (χ3v) is 3.72. The summed E-state index contributed by atoms with van der Waals surface area (Å²) in [5.41, 5.74) is 0. The van der Waals surface area contributed by atoms with Crippen molar-refractivity contribution in [2.24, 2.45) is 0 Å². The standard InChI is InChI=1S/C14H26N4O4/c1-3-16(4-2)14(22)18-10-8-17(9-11-18)13(21)15-7-5-6-12(19)20/h3-11H2,1-2H3,(H,15,21)(H,19,20). The van der Waals surface area contributed by atoms with Crippen LogP contribution in [0.25, 0.3) is 0 Å². The van der Waals surface area contributed by atoms with Crippen LogP contribution in [0.4, 0.5) is 9.59 Å². The normalized spacial score (nSPS) is 14.6. The zero-order valence-corrected chi connectivity index (χ0v) is 13.4. The van der Waals surface area contributed by atoms with Crippen LogP contribution >= 0.6 is 0 Å². The molecule has 1 aliphatic rings. The molecule has 8 nitrogen and oxygen atoms in total. The summed E-state index contributed by atoms with van der Waals surface area (Å²) in [6.45, 7) is 7.65. The minimum atomic E-state index is -0.863. The predicted molar refractivity (Wildman–Crippen MR) is 81.7 cm³/mol. The molecule has 22 heavy (non-hydrogen) atoms. The molecule has 1 aliphatic heterocycles. The van der Waals surface area contributed by atoms with Gasteiger partial charge in [0.1, 0.15) is 0 Å². The van der Waals surface area contributed by atoms with Gasteiger partial charge in [0.25, 0.3) is 0 Å². The summed E-state index contributed by atoms with van der Waals surface area (Å²) in [4.78, 5) is 39.7. The second-order valence-corrected chi connectivity index (χ2v) is 5.16. The Morgan fingerprint density at radius 3 is 2.09 bits per heavy atom. The predicted octanol–water partition coefficient (Wildman–Crippen LogP) is 0.640. The highest BCUT2D eigenvalue weighted by Gasteiger charge is 2.25. The van der Waals surface area contributed by atoms with Gasteiger partial charge in [-0.3, -0.25) is 4.79 Å². The molecule has 1 fully saturated rings. The van der Waals surface area contributed by atoms with Gasteiger partial charge in [0.2, 0.25) is 0 Å². The van der Waals surface area contributed by atoms with Crippen LogP contribution in [-0.4, -0.2) is 83.7 Å². The smallest absolute Gasteiger partial charge is 0.320 e. The topological polar surface area (TPSA) is 93.2 Å². The Morgan fingerprint density at radius 2 is 1.59 bits per heavy atom. The number of amides is 4. The van der Waals surface area contributed by atoms with Gasteiger partial charge >= 0.3 is 18.0 Å². The van der Waals surface area contributed by atoms with Crippen molar-refractivity contribution in [3.8, 4) is 0 Å². The molecule has 8 heteroatoms. The Labute approximate surface area is 131 Å². The third kappa shape index (κ3) is 5.42. The number of rotatable bonds is 6. The number of aliphatic carboxylic acids is 1. The van der Waals surface area contributed by atoms with E-state index < -0.39 is 5.97 Å². The molecule has 0 bridgehead atoms. The average molecular weight is 314 g/mol. The Balaban J connectivity index is 2.30. The molecule has 0 aliphatic carbocycles. The maximum atomic E-state index is 12.2. The molecule has 0 aromatic carbocycles. The Bertz CT molecular complexity index is 390. The monoisotopic (exact) mass is 314 g/mol. The van der Waals surface area contributed by atoms with Gasteiger partial charge in [0, 0.05) is 52.2 Å². The lowest BCUT2D eigenvalue weighted by atomic mass is 10.3. The van der Waals surface area contributed by atoms with Gasteiger partial charge in [-0.05, 0) is 20.3 Å². The minimum absolute atomic E-state index is 0.0199. The number of piperazine rings is 1. The average Bonchev–Trinajstić information content (AvgIpc) is 2.52. The van der Waals surface area contributed by atoms with Gasteiger partial charge in [0.05, 0.1) is 0 Å². The van der Waals surface area contributed by atoms with Crippen molar-refractivity contribution in [1.82, 2.24) is 20.0 Å². The maximum Gasteiger partial charge on any atom is 0.320 e. The number of hydrogen-bond acceptors (Lipinski definition) is 3. The summed E-state index contributed by atoms with van der Waals surface area (Å²) in [7, 11) is 0. The third-order valence-electron chi connectivity index (χ3n) is 3.72. The first kappa shape index (κ1) is 18.1. The van der Waals surface area contributed by atoms with Gasteiger partial charge < -0.3 is 25.1 Å². The van der Waals surface area contributed by atoms with Crippen molar-refractivity contribution in [3.05, 3.63) is 0 Å². The number of carbonyl (C=O) groups is 3. The fourth-order valence-electron chi connectivity index (χ4n) is 2.34. The first-order valence-electron chi connectivity index (χ1n) is 7.78. The van der Waals surface area contributed by atoms with E-state index in [0.717, 1.165) is 0 Å². The van der Waals surface area contributed by atoms with E-state index in [1.54, 1.807) is 14.7 Å². The van der Waals surface area contributed by atoms with Crippen molar-refractivity contribution < 1.29 is 19.5 Å². The van der Waals surface area contributed by atoms with Gasteiger partial charge in [-0.25, -0.2) is 9.59 Å². The number of carboxylic acids is 1. The summed E-state index contributed by atoms with van der Waals surface area (Å²) < 4.78 is 0. The number of carboxylic acid groups (broad SMARTS) is 1. The Morgan fingerprint density at radius 1 is 1.05 bits per heavy atom. The van der Waals surface area contributed by atoms with Gasteiger partial charge in [-0.2, -0.15) is 0 Å². The molecule has 2 N–H and O–H groups in total. The van der Waals surface area contributed by atoms with Crippen LogP contribution in [0, 0.1) is 0 Å². The van der Waals surface area contributed by atoms with E-state index in [1.807, 2.05) is 13.8 Å². The first-order valence-corrected chi connectivity index (χ1v) is 7.78. The molecule has 4 amide bonds. The van der Waals surface area contributed by atoms with Crippen LogP contribution < -0.4 is 5.32 Å². The lowest BCUT2D eigenvalue weighted by molar-refractivity contribution is -0.137. The molecule has 1 heterocycles. The van der Waals surface area contributed by atoms with Crippen LogP contribution in [0.1, 0.15) is 26.7 Å². The lowest BCUT2D eigenvalue weighted by Gasteiger charge is -2.37. The van der Waals surface area contributed by atoms with Crippen molar-refractivity contribution in [2.75, 3.05) is 45.8 Å². The molecule has 0 radical (unpaired) electrons. The summed E-state index contributed by atoms with van der Waals surface area (Å²) in [6, 6.07) is -0.174. The molecule has 0 spiro atoms. The number of nitrogens with zero attached hydrogens (tertiary/aromatic N) is 3. The molecule has 0 aromatic heterocycles. The highest BCUT2D eigenvalue weighted by atomic mass is 16.4. The maximum absolute atomic E-state index is 12.2. The summed E-state index contributed by atoms with van der Waals surface area (Å²) in [5, 5.41) is 11.2. The van der Waals surface area contributed by atoms with Crippen molar-refractivity contribution in [1.29, 1.82) is 0 Å². The summed E-state index contributed by atoms with van der Waals surface area (Å²) >= 11 is 0. The zero-order valence-electron chi connectivity index (χ0n) is 13.4. The van der Waals surface area contributed by atoms with Crippen LogP contribution in [0.3, 0.4) is 0 Å². The van der Waals surface area contributed by atoms with Gasteiger partial charge in [-0.1, -0.05) is 0 Å². The molecular formula is C14H26N4O4. The Hall–Kier alpha value is -1.99. The molecule has 0 saturated carbocycles. The molecule has 1 saturated heterocycles. The minimum Gasteiger partial charge on any atom is -0.481 e. The number of nitrogens with one attached hydrogen (secondary N) is 1. The number of carbonyl (C=O) groups excluding carboxylic acids is 2. The highest BCUT2D eigenvalue weighted by Crippen LogP contribution is 2.06. The van der Waals surface area contributed by atoms with Crippen molar-refractivity contribution in [2.45, 2.75) is 26.7 Å². The van der Waals surface area contributed by atoms with E-state index >= 15 is 0 Å². The Kier molecular flexibility index (Phi) is 7.48. The van der Waals surface area contributed by atoms with Crippen LogP contribution in [0.5, 0.6) is 0 Å². The van der Waals surface area contributed by atoms with Crippen LogP contribution in [0.15, 0.2) is 0 Å². The SMILES string of the molecule is CCN(CC)C(=O)N1CCN(C(=O)NCCCC(=O)O)CC1. The first-order chi connectivity index (χ1) is 10.5. The van der Waals surface area contributed by atoms with Crippen molar-refractivity contribution in [3.63, 3.8) is 0 Å². The second kappa shape index (κ2) is 9.11. The number of urea groups is 2. The largest absolute Gasteiger partial charge is 0.481 e. The molecule has 0 aromatic rings. The second-order valence-electron chi connectivity index (χ2n) is 5.16. The fourth-order valence-corrected chi connectivity index (χ4v) is 2.34. The van der Waals surface area contributed by atoms with E-state index in [0.29, 0.717) is 52.2 Å². The lowest BCUT2D eigenvalue weighted by Crippen LogP contribution is -2.55.